The van der Waals surface area contributed by atoms with Crippen LogP contribution in [0.25, 0.3) is 0 Å². The summed E-state index contributed by atoms with van der Waals surface area (Å²) in [6.07, 6.45) is 6.93. The fourth-order valence-corrected chi connectivity index (χ4v) is 3.22. The van der Waals surface area contributed by atoms with E-state index in [2.05, 4.69) is 41.5 Å². The van der Waals surface area contributed by atoms with E-state index in [4.69, 9.17) is 0 Å². The maximum Gasteiger partial charge on any atom is 0.220 e. The van der Waals surface area contributed by atoms with Crippen LogP contribution in [0.5, 0.6) is 0 Å². The molecule has 1 atom stereocenters. The van der Waals surface area contributed by atoms with E-state index in [0.29, 0.717) is 12.8 Å². The molecule has 0 radical (unpaired) electrons. The Kier molecular flexibility index (Phi) is 7.96. The van der Waals surface area contributed by atoms with Crippen molar-refractivity contribution in [3.8, 4) is 0 Å². The zero-order valence-electron chi connectivity index (χ0n) is 14.8. The van der Waals surface area contributed by atoms with Gasteiger partial charge >= 0.3 is 0 Å². The lowest BCUT2D eigenvalue weighted by atomic mass is 10.0. The van der Waals surface area contributed by atoms with Crippen LogP contribution in [0.15, 0.2) is 30.3 Å². The van der Waals surface area contributed by atoms with Gasteiger partial charge < -0.3 is 10.2 Å². The molecule has 1 saturated heterocycles. The molecule has 1 fully saturated rings. The summed E-state index contributed by atoms with van der Waals surface area (Å²) in [6, 6.07) is 10.2. The van der Waals surface area contributed by atoms with Crippen molar-refractivity contribution >= 4 is 11.7 Å². The molecule has 1 heterocycles. The first-order valence-corrected chi connectivity index (χ1v) is 9.19. The van der Waals surface area contributed by atoms with Crippen LogP contribution < -0.4 is 5.32 Å². The maximum atomic E-state index is 12.2. The van der Waals surface area contributed by atoms with E-state index in [1.165, 1.54) is 5.56 Å². The van der Waals surface area contributed by atoms with Gasteiger partial charge in [0, 0.05) is 19.4 Å². The highest BCUT2D eigenvalue weighted by atomic mass is 16.2. The molecule has 132 valence electrons. The molecule has 1 aliphatic rings. The van der Waals surface area contributed by atoms with E-state index in [-0.39, 0.29) is 17.7 Å². The number of hydrogen-bond acceptors (Lipinski definition) is 3. The number of amides is 1. The van der Waals surface area contributed by atoms with Crippen LogP contribution >= 0.6 is 0 Å². The van der Waals surface area contributed by atoms with Crippen molar-refractivity contribution in [1.29, 1.82) is 0 Å². The average Bonchev–Trinajstić information content (AvgIpc) is 2.80. The molecule has 0 aliphatic carbocycles. The van der Waals surface area contributed by atoms with Crippen LogP contribution in [-0.2, 0) is 16.1 Å². The molecule has 1 aliphatic heterocycles. The lowest BCUT2D eigenvalue weighted by Gasteiger charge is -2.17. The van der Waals surface area contributed by atoms with Gasteiger partial charge in [-0.15, -0.1) is 0 Å². The smallest absolute Gasteiger partial charge is 0.220 e. The van der Waals surface area contributed by atoms with E-state index in [1.807, 2.05) is 6.07 Å². The third kappa shape index (κ3) is 6.83. The van der Waals surface area contributed by atoms with Crippen molar-refractivity contribution in [2.45, 2.75) is 64.0 Å². The molecule has 24 heavy (non-hydrogen) atoms. The van der Waals surface area contributed by atoms with Crippen molar-refractivity contribution in [3.05, 3.63) is 35.9 Å². The Balaban J connectivity index is 1.57. The van der Waals surface area contributed by atoms with Crippen LogP contribution in [0.4, 0.5) is 0 Å². The van der Waals surface area contributed by atoms with Crippen LogP contribution in [0.3, 0.4) is 0 Å². The molecule has 1 amide bonds. The van der Waals surface area contributed by atoms with Crippen molar-refractivity contribution in [2.24, 2.45) is 0 Å². The van der Waals surface area contributed by atoms with Gasteiger partial charge in [0.1, 0.15) is 0 Å². The van der Waals surface area contributed by atoms with E-state index >= 15 is 0 Å². The molecule has 1 N–H and O–H groups in total. The summed E-state index contributed by atoms with van der Waals surface area (Å²) < 4.78 is 0. The summed E-state index contributed by atoms with van der Waals surface area (Å²) >= 11 is 0. The lowest BCUT2D eigenvalue weighted by Crippen LogP contribution is -2.39. The summed E-state index contributed by atoms with van der Waals surface area (Å²) in [7, 11) is 2.14. The Labute approximate surface area is 145 Å². The maximum absolute atomic E-state index is 12.2. The third-order valence-corrected chi connectivity index (χ3v) is 4.63. The van der Waals surface area contributed by atoms with Crippen LogP contribution in [0, 0.1) is 0 Å². The van der Waals surface area contributed by atoms with E-state index in [0.717, 1.165) is 51.6 Å². The number of carbonyl (C=O) groups is 2. The van der Waals surface area contributed by atoms with Gasteiger partial charge in [0.2, 0.25) is 5.91 Å². The number of unbranched alkanes of at least 4 members (excludes halogenated alkanes) is 2. The first kappa shape index (κ1) is 18.7. The molecule has 0 bridgehead atoms. The first-order chi connectivity index (χ1) is 11.6. The van der Waals surface area contributed by atoms with Crippen LogP contribution in [0.2, 0.25) is 0 Å². The molecule has 4 nitrogen and oxygen atoms in total. The van der Waals surface area contributed by atoms with Gasteiger partial charge in [-0.25, -0.2) is 0 Å². The van der Waals surface area contributed by atoms with E-state index in [1.54, 1.807) is 0 Å². The second-order valence-corrected chi connectivity index (χ2v) is 6.87. The Hall–Kier alpha value is -1.68. The lowest BCUT2D eigenvalue weighted by molar-refractivity contribution is -0.127. The van der Waals surface area contributed by atoms with Crippen molar-refractivity contribution in [1.82, 2.24) is 10.2 Å². The summed E-state index contributed by atoms with van der Waals surface area (Å²) in [6.45, 7) is 2.01. The monoisotopic (exact) mass is 330 g/mol. The third-order valence-electron chi connectivity index (χ3n) is 4.63. The fraction of sp³-hybridized carbons (Fsp3) is 0.600. The minimum atomic E-state index is -0.235. The zero-order valence-corrected chi connectivity index (χ0v) is 14.8. The molecule has 0 spiro atoms. The normalized spacial score (nSPS) is 18.2. The minimum Gasteiger partial charge on any atom is -0.346 e. The number of nitrogens with one attached hydrogen (secondary N) is 1. The highest BCUT2D eigenvalue weighted by Gasteiger charge is 2.22. The zero-order chi connectivity index (χ0) is 17.2. The fourth-order valence-electron chi connectivity index (χ4n) is 3.22. The summed E-state index contributed by atoms with van der Waals surface area (Å²) in [5, 5.41) is 2.87. The van der Waals surface area contributed by atoms with Gasteiger partial charge in [0.15, 0.2) is 5.78 Å². The number of benzene rings is 1. The molecule has 2 rings (SSSR count). The molecule has 0 saturated carbocycles. The molecular formula is C20H30N2O2. The number of rotatable bonds is 9. The van der Waals surface area contributed by atoms with Crippen LogP contribution in [-0.4, -0.2) is 36.2 Å². The van der Waals surface area contributed by atoms with Gasteiger partial charge in [-0.2, -0.15) is 0 Å². The Morgan fingerprint density at radius 1 is 1.17 bits per heavy atom. The summed E-state index contributed by atoms with van der Waals surface area (Å²) in [5.74, 6) is 0.247. The summed E-state index contributed by atoms with van der Waals surface area (Å²) in [5.41, 5.74) is 1.33. The highest BCUT2D eigenvalue weighted by molar-refractivity contribution is 5.89. The Morgan fingerprint density at radius 3 is 2.75 bits per heavy atom. The number of Topliss-reactive ketones (excluding diaryl/α,β-unsaturated/α-hetero) is 1. The molecule has 1 aromatic carbocycles. The first-order valence-electron chi connectivity index (χ1n) is 9.19. The topological polar surface area (TPSA) is 49.4 Å². The van der Waals surface area contributed by atoms with Gasteiger partial charge in [0.05, 0.1) is 6.04 Å². The predicted octanol–water partition coefficient (Wildman–Crippen LogP) is 3.31. The van der Waals surface area contributed by atoms with E-state index in [9.17, 15) is 9.59 Å². The highest BCUT2D eigenvalue weighted by Crippen LogP contribution is 2.13. The molecule has 1 unspecified atom stereocenters. The second-order valence-electron chi connectivity index (χ2n) is 6.87. The second kappa shape index (κ2) is 10.2. The van der Waals surface area contributed by atoms with Gasteiger partial charge in [-0.3, -0.25) is 9.59 Å². The SMILES string of the molecule is CN(CCCCCC(=O)C1CCCCC(=O)N1)Cc1ccccc1. The van der Waals surface area contributed by atoms with Gasteiger partial charge in [-0.05, 0) is 44.8 Å². The van der Waals surface area contributed by atoms with Crippen molar-refractivity contribution in [3.63, 3.8) is 0 Å². The molecule has 4 heteroatoms. The van der Waals surface area contributed by atoms with E-state index < -0.39 is 0 Å². The van der Waals surface area contributed by atoms with Crippen LogP contribution in [0.1, 0.15) is 56.9 Å². The van der Waals surface area contributed by atoms with Crippen molar-refractivity contribution < 1.29 is 9.59 Å². The quantitative estimate of drug-likeness (QED) is 0.707. The Morgan fingerprint density at radius 2 is 1.96 bits per heavy atom. The molecule has 1 aromatic rings. The number of carbonyl (C=O) groups excluding carboxylic acids is 2. The standard InChI is InChI=1S/C20H30N2O2/c1-22(16-17-10-4-2-5-11-17)15-9-3-6-13-19(23)18-12-7-8-14-20(24)21-18/h2,4-5,10-11,18H,3,6-9,12-16H2,1H3,(H,21,24). The van der Waals surface area contributed by atoms with Gasteiger partial charge in [-0.1, -0.05) is 43.2 Å². The number of hydrogen-bond donors (Lipinski definition) is 1. The number of ketones is 1. The minimum absolute atomic E-state index is 0.0355. The molecular weight excluding hydrogens is 300 g/mol. The Bertz CT molecular complexity index is 516. The average molecular weight is 330 g/mol. The van der Waals surface area contributed by atoms with Crippen molar-refractivity contribution in [2.75, 3.05) is 13.6 Å². The number of nitrogens with zero attached hydrogens (tertiary/aromatic N) is 1. The van der Waals surface area contributed by atoms with Gasteiger partial charge in [0.25, 0.3) is 0 Å². The predicted molar refractivity (Wildman–Crippen MR) is 96.6 cm³/mol. The largest absolute Gasteiger partial charge is 0.346 e. The molecule has 0 aromatic heterocycles. The summed E-state index contributed by atoms with van der Waals surface area (Å²) in [4.78, 5) is 26.1.